The van der Waals surface area contributed by atoms with Gasteiger partial charge in [0, 0.05) is 5.41 Å². The molecule has 0 spiro atoms. The van der Waals surface area contributed by atoms with E-state index in [1.54, 1.807) is 11.1 Å². The summed E-state index contributed by atoms with van der Waals surface area (Å²) in [5.41, 5.74) is 11.9. The van der Waals surface area contributed by atoms with E-state index in [0.717, 1.165) is 0 Å². The Morgan fingerprint density at radius 3 is 1.24 bits per heavy atom. The second-order valence-electron chi connectivity index (χ2n) is 14.6. The fourth-order valence-electron chi connectivity index (χ4n) is 8.03. The van der Waals surface area contributed by atoms with E-state index >= 15 is 0 Å². The molecule has 0 bridgehead atoms. The van der Waals surface area contributed by atoms with Crippen molar-refractivity contribution in [1.82, 2.24) is 0 Å². The molecule has 1 aliphatic carbocycles. The van der Waals surface area contributed by atoms with Crippen molar-refractivity contribution < 1.29 is 0 Å². The summed E-state index contributed by atoms with van der Waals surface area (Å²) < 4.78 is 0. The van der Waals surface area contributed by atoms with Crippen LogP contribution in [0.15, 0.2) is 60.7 Å². The molecule has 246 valence electrons. The zero-order valence-electron chi connectivity index (χ0n) is 29.8. The number of rotatable bonds is 23. The van der Waals surface area contributed by atoms with Crippen molar-refractivity contribution in [3.8, 4) is 22.3 Å². The van der Waals surface area contributed by atoms with Gasteiger partial charge in [-0.3, -0.25) is 0 Å². The SMILES string of the molecule is CCCCCCCCCCCCC1(CCCCCCCCCCCC)c2cc(C)ccc2-c2ccc(-c3ccc(C)cc3)cc21. The Hall–Kier alpha value is -2.34. The minimum atomic E-state index is 0.150. The summed E-state index contributed by atoms with van der Waals surface area (Å²) in [6, 6.07) is 23.9. The highest BCUT2D eigenvalue weighted by molar-refractivity contribution is 5.84. The van der Waals surface area contributed by atoms with Crippen LogP contribution in [0.5, 0.6) is 0 Å². The lowest BCUT2D eigenvalue weighted by molar-refractivity contribution is 0.397. The Kier molecular flexibility index (Phi) is 15.3. The van der Waals surface area contributed by atoms with Crippen LogP contribution in [0, 0.1) is 13.8 Å². The average molecular weight is 607 g/mol. The smallest absolute Gasteiger partial charge is 0.0215 e. The molecule has 0 atom stereocenters. The third-order valence-corrected chi connectivity index (χ3v) is 10.8. The molecule has 0 N–H and O–H groups in total. The van der Waals surface area contributed by atoms with E-state index in [2.05, 4.69) is 88.4 Å². The maximum Gasteiger partial charge on any atom is 0.0215 e. The van der Waals surface area contributed by atoms with Crippen LogP contribution in [0.4, 0.5) is 0 Å². The van der Waals surface area contributed by atoms with E-state index in [0.29, 0.717) is 0 Å². The summed E-state index contributed by atoms with van der Waals surface area (Å²) in [4.78, 5) is 0. The number of unbranched alkanes of at least 4 members (excludes halogenated alkanes) is 18. The lowest BCUT2D eigenvalue weighted by Crippen LogP contribution is -2.25. The van der Waals surface area contributed by atoms with Gasteiger partial charge in [0.2, 0.25) is 0 Å². The molecule has 0 saturated carbocycles. The molecule has 4 rings (SSSR count). The van der Waals surface area contributed by atoms with E-state index < -0.39 is 0 Å². The molecule has 3 aromatic rings. The zero-order chi connectivity index (χ0) is 31.7. The first-order valence-corrected chi connectivity index (χ1v) is 19.4. The standard InChI is InChI=1S/C45H66/c1-5-7-9-11-13-15-17-19-21-23-33-45(34-24-22-20-18-16-14-12-10-8-6-2)43-35-38(4)27-31-41(43)42-32-30-40(36-44(42)45)39-28-25-37(3)26-29-39/h25-32,35-36H,5-24,33-34H2,1-4H3. The van der Waals surface area contributed by atoms with E-state index in [1.165, 1.54) is 175 Å². The lowest BCUT2D eigenvalue weighted by atomic mass is 9.70. The average Bonchev–Trinajstić information content (AvgIpc) is 3.31. The maximum absolute atomic E-state index is 2.60. The van der Waals surface area contributed by atoms with Gasteiger partial charge in [-0.1, -0.05) is 208 Å². The molecule has 1 aliphatic rings. The maximum atomic E-state index is 2.60. The fraction of sp³-hybridized carbons (Fsp3) is 0.600. The van der Waals surface area contributed by atoms with Crippen molar-refractivity contribution in [2.24, 2.45) is 0 Å². The first-order valence-electron chi connectivity index (χ1n) is 19.4. The van der Waals surface area contributed by atoms with E-state index in [4.69, 9.17) is 0 Å². The highest BCUT2D eigenvalue weighted by atomic mass is 14.4. The van der Waals surface area contributed by atoms with E-state index in [1.807, 2.05) is 0 Å². The van der Waals surface area contributed by atoms with Crippen molar-refractivity contribution >= 4 is 0 Å². The molecule has 0 amide bonds. The van der Waals surface area contributed by atoms with Crippen molar-refractivity contribution in [2.75, 3.05) is 0 Å². The summed E-state index contributed by atoms with van der Waals surface area (Å²) in [6.07, 6.45) is 30.6. The van der Waals surface area contributed by atoms with Crippen LogP contribution in [0.1, 0.15) is 177 Å². The van der Waals surface area contributed by atoms with Gasteiger partial charge in [0.05, 0.1) is 0 Å². The van der Waals surface area contributed by atoms with Gasteiger partial charge in [0.15, 0.2) is 0 Å². The lowest BCUT2D eigenvalue weighted by Gasteiger charge is -2.33. The predicted molar refractivity (Wildman–Crippen MR) is 200 cm³/mol. The summed E-state index contributed by atoms with van der Waals surface area (Å²) >= 11 is 0. The summed E-state index contributed by atoms with van der Waals surface area (Å²) in [7, 11) is 0. The third-order valence-electron chi connectivity index (χ3n) is 10.8. The van der Waals surface area contributed by atoms with Crippen LogP contribution in [-0.2, 0) is 5.41 Å². The second-order valence-corrected chi connectivity index (χ2v) is 14.6. The molecule has 0 unspecified atom stereocenters. The van der Waals surface area contributed by atoms with Gasteiger partial charge in [-0.15, -0.1) is 0 Å². The predicted octanol–water partition coefficient (Wildman–Crippen LogP) is 14.9. The molecule has 0 aliphatic heterocycles. The van der Waals surface area contributed by atoms with E-state index in [-0.39, 0.29) is 5.41 Å². The van der Waals surface area contributed by atoms with Crippen LogP contribution >= 0.6 is 0 Å². The molecule has 0 radical (unpaired) electrons. The number of aryl methyl sites for hydroxylation is 2. The highest BCUT2D eigenvalue weighted by Gasteiger charge is 2.42. The first-order chi connectivity index (χ1) is 22.1. The Bertz CT molecular complexity index is 1220. The summed E-state index contributed by atoms with van der Waals surface area (Å²) in [5.74, 6) is 0. The van der Waals surface area contributed by atoms with Crippen LogP contribution in [0.2, 0.25) is 0 Å². The number of hydrogen-bond acceptors (Lipinski definition) is 0. The van der Waals surface area contributed by atoms with Crippen molar-refractivity contribution in [1.29, 1.82) is 0 Å². The van der Waals surface area contributed by atoms with Crippen molar-refractivity contribution in [3.05, 3.63) is 82.9 Å². The Balaban J connectivity index is 1.48. The largest absolute Gasteiger partial charge is 0.0654 e. The number of benzene rings is 3. The first kappa shape index (κ1) is 35.5. The van der Waals surface area contributed by atoms with Gasteiger partial charge in [-0.2, -0.15) is 0 Å². The molecule has 0 heteroatoms. The van der Waals surface area contributed by atoms with Crippen LogP contribution in [0.25, 0.3) is 22.3 Å². The van der Waals surface area contributed by atoms with Crippen molar-refractivity contribution in [3.63, 3.8) is 0 Å². The van der Waals surface area contributed by atoms with Gasteiger partial charge in [-0.25, -0.2) is 0 Å². The molecular weight excluding hydrogens is 540 g/mol. The Morgan fingerprint density at radius 2 is 0.756 bits per heavy atom. The fourth-order valence-corrected chi connectivity index (χ4v) is 8.03. The van der Waals surface area contributed by atoms with Crippen LogP contribution in [-0.4, -0.2) is 0 Å². The molecular formula is C45H66. The van der Waals surface area contributed by atoms with Crippen LogP contribution in [0.3, 0.4) is 0 Å². The molecule has 0 saturated heterocycles. The zero-order valence-corrected chi connectivity index (χ0v) is 29.8. The van der Waals surface area contributed by atoms with Gasteiger partial charge >= 0.3 is 0 Å². The van der Waals surface area contributed by atoms with Gasteiger partial charge < -0.3 is 0 Å². The topological polar surface area (TPSA) is 0 Å². The van der Waals surface area contributed by atoms with Crippen molar-refractivity contribution in [2.45, 2.75) is 174 Å². The Labute approximate surface area is 278 Å². The number of fused-ring (bicyclic) bond motifs is 3. The van der Waals surface area contributed by atoms with Crippen LogP contribution < -0.4 is 0 Å². The van der Waals surface area contributed by atoms with Gasteiger partial charge in [-0.05, 0) is 66.1 Å². The minimum Gasteiger partial charge on any atom is -0.0654 e. The molecule has 0 aromatic heterocycles. The number of hydrogen-bond donors (Lipinski definition) is 0. The molecule has 0 fully saturated rings. The van der Waals surface area contributed by atoms with Gasteiger partial charge in [0.25, 0.3) is 0 Å². The monoisotopic (exact) mass is 607 g/mol. The molecule has 3 aromatic carbocycles. The molecule has 0 heterocycles. The molecule has 45 heavy (non-hydrogen) atoms. The second kappa shape index (κ2) is 19.4. The minimum absolute atomic E-state index is 0.150. The van der Waals surface area contributed by atoms with Gasteiger partial charge in [0.1, 0.15) is 0 Å². The summed E-state index contributed by atoms with van der Waals surface area (Å²) in [5, 5.41) is 0. The third kappa shape index (κ3) is 10.3. The highest BCUT2D eigenvalue weighted by Crippen LogP contribution is 2.55. The Morgan fingerprint density at radius 1 is 0.378 bits per heavy atom. The van der Waals surface area contributed by atoms with E-state index in [9.17, 15) is 0 Å². The summed E-state index contributed by atoms with van der Waals surface area (Å²) in [6.45, 7) is 9.12. The molecule has 0 nitrogen and oxygen atoms in total. The quantitative estimate of drug-likeness (QED) is 0.0942. The normalized spacial score (nSPS) is 13.2.